The number of benzene rings is 2. The molecule has 0 saturated heterocycles. The van der Waals surface area contributed by atoms with Crippen LogP contribution in [0.3, 0.4) is 0 Å². The summed E-state index contributed by atoms with van der Waals surface area (Å²) in [5, 5.41) is 6.13. The fourth-order valence-electron chi connectivity index (χ4n) is 2.65. The van der Waals surface area contributed by atoms with Crippen molar-refractivity contribution in [2.24, 2.45) is 0 Å². The van der Waals surface area contributed by atoms with E-state index < -0.39 is 0 Å². The molecule has 0 aromatic heterocycles. The summed E-state index contributed by atoms with van der Waals surface area (Å²) in [6.45, 7) is 6.36. The zero-order valence-electron chi connectivity index (χ0n) is 15.5. The SMILES string of the molecule is COc1ccc(OC)c(NCC(=O)Nc2c(C)cccc2C(C)C)c1. The highest BCUT2D eigenvalue weighted by atomic mass is 16.5. The van der Waals surface area contributed by atoms with E-state index in [1.54, 1.807) is 26.4 Å². The number of ether oxygens (including phenoxy) is 2. The highest BCUT2D eigenvalue weighted by Gasteiger charge is 2.13. The molecule has 2 N–H and O–H groups in total. The van der Waals surface area contributed by atoms with Gasteiger partial charge in [0, 0.05) is 11.8 Å². The Bertz CT molecular complexity index is 742. The van der Waals surface area contributed by atoms with E-state index in [0.717, 1.165) is 16.8 Å². The maximum atomic E-state index is 12.4. The van der Waals surface area contributed by atoms with Crippen molar-refractivity contribution in [1.29, 1.82) is 0 Å². The van der Waals surface area contributed by atoms with E-state index in [2.05, 4.69) is 24.5 Å². The van der Waals surface area contributed by atoms with Gasteiger partial charge >= 0.3 is 0 Å². The summed E-state index contributed by atoms with van der Waals surface area (Å²) in [6.07, 6.45) is 0. The first-order chi connectivity index (χ1) is 12.0. The molecule has 0 aliphatic carbocycles. The second-order valence-electron chi connectivity index (χ2n) is 6.16. The van der Waals surface area contributed by atoms with Crippen LogP contribution in [-0.2, 0) is 4.79 Å². The van der Waals surface area contributed by atoms with Gasteiger partial charge in [-0.15, -0.1) is 0 Å². The number of rotatable bonds is 7. The van der Waals surface area contributed by atoms with Crippen molar-refractivity contribution in [3.63, 3.8) is 0 Å². The summed E-state index contributed by atoms with van der Waals surface area (Å²) < 4.78 is 10.5. The third-order valence-electron chi connectivity index (χ3n) is 4.04. The molecular weight excluding hydrogens is 316 g/mol. The lowest BCUT2D eigenvalue weighted by Gasteiger charge is -2.17. The minimum absolute atomic E-state index is 0.110. The monoisotopic (exact) mass is 342 g/mol. The Morgan fingerprint density at radius 1 is 1.12 bits per heavy atom. The number of aryl methyl sites for hydroxylation is 1. The lowest BCUT2D eigenvalue weighted by Crippen LogP contribution is -2.23. The second-order valence-corrected chi connectivity index (χ2v) is 6.16. The largest absolute Gasteiger partial charge is 0.497 e. The maximum absolute atomic E-state index is 12.4. The number of methoxy groups -OCH3 is 2. The molecule has 2 aromatic rings. The maximum Gasteiger partial charge on any atom is 0.243 e. The Kier molecular flexibility index (Phi) is 6.28. The first kappa shape index (κ1) is 18.6. The van der Waals surface area contributed by atoms with E-state index in [9.17, 15) is 4.79 Å². The van der Waals surface area contributed by atoms with Gasteiger partial charge in [-0.25, -0.2) is 0 Å². The van der Waals surface area contributed by atoms with Crippen LogP contribution < -0.4 is 20.1 Å². The van der Waals surface area contributed by atoms with Crippen LogP contribution in [0.1, 0.15) is 30.9 Å². The average molecular weight is 342 g/mol. The minimum atomic E-state index is -0.110. The zero-order chi connectivity index (χ0) is 18.4. The van der Waals surface area contributed by atoms with Crippen molar-refractivity contribution in [3.8, 4) is 11.5 Å². The Labute approximate surface area is 149 Å². The minimum Gasteiger partial charge on any atom is -0.497 e. The third kappa shape index (κ3) is 4.66. The third-order valence-corrected chi connectivity index (χ3v) is 4.04. The molecule has 0 aliphatic rings. The topological polar surface area (TPSA) is 59.6 Å². The number of nitrogens with one attached hydrogen (secondary N) is 2. The Morgan fingerprint density at radius 2 is 1.88 bits per heavy atom. The molecule has 0 unspecified atom stereocenters. The van der Waals surface area contributed by atoms with Gasteiger partial charge in [0.1, 0.15) is 11.5 Å². The van der Waals surface area contributed by atoms with Gasteiger partial charge in [-0.05, 0) is 36.1 Å². The van der Waals surface area contributed by atoms with Crippen LogP contribution in [-0.4, -0.2) is 26.7 Å². The fraction of sp³-hybridized carbons (Fsp3) is 0.350. The standard InChI is InChI=1S/C20H26N2O3/c1-13(2)16-8-6-7-14(3)20(16)22-19(23)12-21-17-11-15(24-4)9-10-18(17)25-5/h6-11,13,21H,12H2,1-5H3,(H,22,23). The van der Waals surface area contributed by atoms with Crippen molar-refractivity contribution in [2.45, 2.75) is 26.7 Å². The first-order valence-electron chi connectivity index (χ1n) is 8.31. The van der Waals surface area contributed by atoms with Crippen LogP contribution in [0.5, 0.6) is 11.5 Å². The van der Waals surface area contributed by atoms with E-state index in [1.807, 2.05) is 31.2 Å². The van der Waals surface area contributed by atoms with E-state index >= 15 is 0 Å². The number of carbonyl (C=O) groups is 1. The highest BCUT2D eigenvalue weighted by Crippen LogP contribution is 2.29. The molecule has 2 rings (SSSR count). The van der Waals surface area contributed by atoms with Crippen LogP contribution in [0.25, 0.3) is 0 Å². The molecule has 0 fully saturated rings. The van der Waals surface area contributed by atoms with Gasteiger partial charge in [0.05, 0.1) is 26.5 Å². The van der Waals surface area contributed by atoms with E-state index in [1.165, 1.54) is 0 Å². The van der Waals surface area contributed by atoms with Gasteiger partial charge in [-0.2, -0.15) is 0 Å². The molecule has 25 heavy (non-hydrogen) atoms. The van der Waals surface area contributed by atoms with Gasteiger partial charge in [0.25, 0.3) is 0 Å². The molecule has 0 atom stereocenters. The van der Waals surface area contributed by atoms with Crippen LogP contribution in [0.2, 0.25) is 0 Å². The first-order valence-corrected chi connectivity index (χ1v) is 8.31. The number of hydrogen-bond acceptors (Lipinski definition) is 4. The fourth-order valence-corrected chi connectivity index (χ4v) is 2.65. The Morgan fingerprint density at radius 3 is 2.52 bits per heavy atom. The molecule has 0 spiro atoms. The molecule has 0 heterocycles. The lowest BCUT2D eigenvalue weighted by molar-refractivity contribution is -0.114. The van der Waals surface area contributed by atoms with Crippen molar-refractivity contribution in [3.05, 3.63) is 47.5 Å². The average Bonchev–Trinajstić information content (AvgIpc) is 2.61. The molecule has 0 bridgehead atoms. The van der Waals surface area contributed by atoms with Crippen LogP contribution in [0.15, 0.2) is 36.4 Å². The van der Waals surface area contributed by atoms with Gasteiger partial charge < -0.3 is 20.1 Å². The molecule has 2 aromatic carbocycles. The van der Waals surface area contributed by atoms with Crippen LogP contribution in [0, 0.1) is 6.92 Å². The van der Waals surface area contributed by atoms with Crippen LogP contribution >= 0.6 is 0 Å². The second kappa shape index (κ2) is 8.42. The summed E-state index contributed by atoms with van der Waals surface area (Å²) in [6, 6.07) is 11.5. The van der Waals surface area contributed by atoms with E-state index in [-0.39, 0.29) is 12.5 Å². The van der Waals surface area contributed by atoms with Gasteiger partial charge in [-0.1, -0.05) is 32.0 Å². The van der Waals surface area contributed by atoms with Gasteiger partial charge in [0.15, 0.2) is 0 Å². The van der Waals surface area contributed by atoms with Crippen molar-refractivity contribution < 1.29 is 14.3 Å². The molecule has 5 heteroatoms. The molecule has 5 nitrogen and oxygen atoms in total. The Balaban J connectivity index is 2.10. The van der Waals surface area contributed by atoms with Gasteiger partial charge in [0.2, 0.25) is 5.91 Å². The smallest absolute Gasteiger partial charge is 0.243 e. The number of amides is 1. The number of carbonyl (C=O) groups excluding carboxylic acids is 1. The predicted molar refractivity (Wildman–Crippen MR) is 102 cm³/mol. The lowest BCUT2D eigenvalue weighted by atomic mass is 9.98. The summed E-state index contributed by atoms with van der Waals surface area (Å²) in [4.78, 5) is 12.4. The number of anilines is 2. The van der Waals surface area contributed by atoms with Crippen molar-refractivity contribution in [2.75, 3.05) is 31.4 Å². The van der Waals surface area contributed by atoms with Gasteiger partial charge in [-0.3, -0.25) is 4.79 Å². The quantitative estimate of drug-likeness (QED) is 0.792. The van der Waals surface area contributed by atoms with E-state index in [4.69, 9.17) is 9.47 Å². The summed E-state index contributed by atoms with van der Waals surface area (Å²) >= 11 is 0. The molecular formula is C20H26N2O3. The normalized spacial score (nSPS) is 10.5. The van der Waals surface area contributed by atoms with E-state index in [0.29, 0.717) is 23.1 Å². The number of para-hydroxylation sites is 1. The summed E-state index contributed by atoms with van der Waals surface area (Å²) in [5.41, 5.74) is 3.79. The molecule has 134 valence electrons. The predicted octanol–water partition coefficient (Wildman–Crippen LogP) is 4.19. The molecule has 0 radical (unpaired) electrons. The Hall–Kier alpha value is -2.69. The molecule has 1 amide bonds. The molecule has 0 saturated carbocycles. The summed E-state index contributed by atoms with van der Waals surface area (Å²) in [5.74, 6) is 1.58. The zero-order valence-corrected chi connectivity index (χ0v) is 15.5. The highest BCUT2D eigenvalue weighted by molar-refractivity contribution is 5.95. The van der Waals surface area contributed by atoms with Crippen molar-refractivity contribution >= 4 is 17.3 Å². The van der Waals surface area contributed by atoms with Crippen molar-refractivity contribution in [1.82, 2.24) is 0 Å². The number of hydrogen-bond donors (Lipinski definition) is 2. The molecule has 0 aliphatic heterocycles. The summed E-state index contributed by atoms with van der Waals surface area (Å²) in [7, 11) is 3.19. The van der Waals surface area contributed by atoms with Crippen LogP contribution in [0.4, 0.5) is 11.4 Å².